The molecule has 0 spiro atoms. The number of para-hydroxylation sites is 2. The van der Waals surface area contributed by atoms with E-state index in [2.05, 4.69) is 33.0 Å². The zero-order chi connectivity index (χ0) is 20.5. The Bertz CT molecular complexity index is 1290. The number of nitrogens with zero attached hydrogens (tertiary/aromatic N) is 3. The van der Waals surface area contributed by atoms with Crippen LogP contribution in [0.25, 0.3) is 11.3 Å². The first-order valence-corrected chi connectivity index (χ1v) is 11.6. The fourth-order valence-electron chi connectivity index (χ4n) is 4.67. The molecule has 1 aromatic heterocycles. The van der Waals surface area contributed by atoms with Crippen LogP contribution in [0, 0.1) is 6.07 Å². The van der Waals surface area contributed by atoms with Crippen LogP contribution in [0.1, 0.15) is 0 Å². The van der Waals surface area contributed by atoms with Crippen molar-refractivity contribution in [1.82, 2.24) is 4.98 Å². The summed E-state index contributed by atoms with van der Waals surface area (Å²) in [5, 5.41) is 2.64. The predicted octanol–water partition coefficient (Wildman–Crippen LogP) is 4.35. The van der Waals surface area contributed by atoms with Crippen LogP contribution in [0.2, 0.25) is 0 Å². The van der Waals surface area contributed by atoms with E-state index in [0.717, 1.165) is 49.9 Å². The smallest absolute Gasteiger partial charge is 0.142 e. The van der Waals surface area contributed by atoms with Gasteiger partial charge in [0.05, 0.1) is 11.4 Å². The van der Waals surface area contributed by atoms with Crippen LogP contribution in [-0.4, -0.2) is 19.1 Å². The van der Waals surface area contributed by atoms with E-state index >= 15 is 0 Å². The normalized spacial score (nSPS) is 17.9. The summed E-state index contributed by atoms with van der Waals surface area (Å²) in [4.78, 5) is 8.78. The van der Waals surface area contributed by atoms with Crippen molar-refractivity contribution in [3.05, 3.63) is 85.1 Å². The molecule has 2 aliphatic rings. The van der Waals surface area contributed by atoms with E-state index in [0.29, 0.717) is 0 Å². The number of benzene rings is 3. The van der Waals surface area contributed by atoms with Gasteiger partial charge in [0.15, 0.2) is 0 Å². The second-order valence-electron chi connectivity index (χ2n) is 7.69. The van der Waals surface area contributed by atoms with Gasteiger partial charge in [-0.1, -0.05) is 36.4 Å². The Hall–Kier alpha value is -2.71. The SMILES string of the molecule is CN1c2[c-]c(-c3ccccn3)cc3c2P(=O)(c2ccccc21)c1ccccc1N3C.[Ir]. The average Bonchev–Trinajstić information content (AvgIpc) is 2.81. The monoisotopic (exact) mass is 601 g/mol. The van der Waals surface area contributed by atoms with E-state index in [1.54, 1.807) is 6.20 Å². The standard InChI is InChI=1S/C25H19N3OP.Ir/c1-27-19-10-3-5-12-23(19)30(29)24-13-6-4-11-20(24)28(2)22-16-17(15-21(27)25(22)30)18-9-7-8-14-26-18;/h3-15H,1-2H3;/q-1;. The molecule has 3 heterocycles. The van der Waals surface area contributed by atoms with Gasteiger partial charge >= 0.3 is 0 Å². The second kappa shape index (κ2) is 7.17. The summed E-state index contributed by atoms with van der Waals surface area (Å²) in [5.41, 5.74) is 5.51. The molecule has 0 amide bonds. The number of anilines is 4. The molecule has 0 saturated carbocycles. The fraction of sp³-hybridized carbons (Fsp3) is 0.0800. The van der Waals surface area contributed by atoms with Crippen LogP contribution >= 0.6 is 7.14 Å². The first-order chi connectivity index (χ1) is 14.6. The zero-order valence-electron chi connectivity index (χ0n) is 17.0. The van der Waals surface area contributed by atoms with Gasteiger partial charge in [-0.3, -0.25) is 0 Å². The Morgan fingerprint density at radius 3 is 2.06 bits per heavy atom. The molecule has 0 fully saturated rings. The molecule has 2 aliphatic heterocycles. The number of aromatic nitrogens is 1. The molecule has 1 unspecified atom stereocenters. The van der Waals surface area contributed by atoms with Crippen LogP contribution in [0.15, 0.2) is 79.0 Å². The van der Waals surface area contributed by atoms with E-state index in [1.165, 1.54) is 0 Å². The number of hydrogen-bond donors (Lipinski definition) is 0. The molecule has 31 heavy (non-hydrogen) atoms. The topological polar surface area (TPSA) is 36.4 Å². The van der Waals surface area contributed by atoms with Crippen molar-refractivity contribution in [2.75, 3.05) is 23.9 Å². The minimum Gasteiger partial charge on any atom is -0.361 e. The van der Waals surface area contributed by atoms with E-state index in [1.807, 2.05) is 74.8 Å². The maximum Gasteiger partial charge on any atom is 0.142 e. The largest absolute Gasteiger partial charge is 0.361 e. The van der Waals surface area contributed by atoms with Gasteiger partial charge < -0.3 is 19.3 Å². The van der Waals surface area contributed by atoms with Crippen molar-refractivity contribution in [1.29, 1.82) is 0 Å². The molecule has 0 N–H and O–H groups in total. The van der Waals surface area contributed by atoms with Crippen LogP contribution in [0.5, 0.6) is 0 Å². The van der Waals surface area contributed by atoms with Gasteiger partial charge in [0.2, 0.25) is 0 Å². The quantitative estimate of drug-likeness (QED) is 0.241. The summed E-state index contributed by atoms with van der Waals surface area (Å²) < 4.78 is 15.0. The Morgan fingerprint density at radius 1 is 0.806 bits per heavy atom. The van der Waals surface area contributed by atoms with Crippen molar-refractivity contribution in [2.24, 2.45) is 0 Å². The first-order valence-electron chi connectivity index (χ1n) is 9.89. The van der Waals surface area contributed by atoms with E-state index in [-0.39, 0.29) is 20.1 Å². The van der Waals surface area contributed by atoms with Crippen molar-refractivity contribution >= 4 is 45.8 Å². The molecule has 0 bridgehead atoms. The maximum atomic E-state index is 15.0. The maximum absolute atomic E-state index is 15.0. The third-order valence-corrected chi connectivity index (χ3v) is 9.30. The molecule has 6 rings (SSSR count). The molecule has 4 aromatic rings. The van der Waals surface area contributed by atoms with Crippen LogP contribution < -0.4 is 25.7 Å². The predicted molar refractivity (Wildman–Crippen MR) is 124 cm³/mol. The van der Waals surface area contributed by atoms with Gasteiger partial charge in [-0.25, -0.2) is 0 Å². The van der Waals surface area contributed by atoms with Crippen molar-refractivity contribution in [3.63, 3.8) is 0 Å². The first kappa shape index (κ1) is 20.2. The molecule has 1 radical (unpaired) electrons. The van der Waals surface area contributed by atoms with Gasteiger partial charge in [0, 0.05) is 51.0 Å². The molecule has 155 valence electrons. The summed E-state index contributed by atoms with van der Waals surface area (Å²) in [6, 6.07) is 27.6. The Morgan fingerprint density at radius 2 is 1.42 bits per heavy atom. The minimum atomic E-state index is -3.04. The Labute approximate surface area is 195 Å². The van der Waals surface area contributed by atoms with Crippen molar-refractivity contribution < 1.29 is 24.7 Å². The third-order valence-electron chi connectivity index (χ3n) is 6.12. The van der Waals surface area contributed by atoms with Crippen molar-refractivity contribution in [3.8, 4) is 11.3 Å². The summed E-state index contributed by atoms with van der Waals surface area (Å²) in [5.74, 6) is 0. The minimum absolute atomic E-state index is 0. The molecule has 1 atom stereocenters. The molecule has 4 nitrogen and oxygen atoms in total. The van der Waals surface area contributed by atoms with E-state index in [9.17, 15) is 4.57 Å². The number of rotatable bonds is 1. The molecular weight excluding hydrogens is 581 g/mol. The van der Waals surface area contributed by atoms with Crippen LogP contribution in [-0.2, 0) is 24.7 Å². The number of pyridine rings is 1. The third kappa shape index (κ3) is 2.64. The van der Waals surface area contributed by atoms with E-state index < -0.39 is 7.14 Å². The Kier molecular flexibility index (Phi) is 4.67. The molecular formula is C25H19IrN3OP-. The van der Waals surface area contributed by atoms with Gasteiger partial charge in [-0.05, 0) is 52.7 Å². The zero-order valence-corrected chi connectivity index (χ0v) is 20.3. The molecule has 0 saturated heterocycles. The van der Waals surface area contributed by atoms with Gasteiger partial charge in [-0.15, -0.1) is 17.7 Å². The van der Waals surface area contributed by atoms with Gasteiger partial charge in [0.25, 0.3) is 0 Å². The molecule has 6 heteroatoms. The average molecular weight is 601 g/mol. The fourth-order valence-corrected chi connectivity index (χ4v) is 8.14. The second-order valence-corrected chi connectivity index (χ2v) is 10.3. The molecule has 3 aromatic carbocycles. The van der Waals surface area contributed by atoms with E-state index in [4.69, 9.17) is 0 Å². The number of hydrogen-bond acceptors (Lipinski definition) is 4. The molecule has 0 aliphatic carbocycles. The number of fused-ring (bicyclic) bond motifs is 4. The van der Waals surface area contributed by atoms with Crippen LogP contribution in [0.4, 0.5) is 22.7 Å². The Balaban J connectivity index is 0.00000204. The summed E-state index contributed by atoms with van der Waals surface area (Å²) in [6.45, 7) is 0. The van der Waals surface area contributed by atoms with Gasteiger partial charge in [-0.2, -0.15) is 0 Å². The summed E-state index contributed by atoms with van der Waals surface area (Å²) >= 11 is 0. The van der Waals surface area contributed by atoms with Crippen molar-refractivity contribution in [2.45, 2.75) is 0 Å². The summed E-state index contributed by atoms with van der Waals surface area (Å²) in [7, 11) is 1.03. The summed E-state index contributed by atoms with van der Waals surface area (Å²) in [6.07, 6.45) is 1.79. The van der Waals surface area contributed by atoms with Crippen LogP contribution in [0.3, 0.4) is 0 Å². The van der Waals surface area contributed by atoms with Gasteiger partial charge in [0.1, 0.15) is 7.14 Å².